The van der Waals surface area contributed by atoms with E-state index in [0.29, 0.717) is 0 Å². The summed E-state index contributed by atoms with van der Waals surface area (Å²) in [5, 5.41) is 3.50. The van der Waals surface area contributed by atoms with E-state index in [4.69, 9.17) is 5.84 Å². The lowest BCUT2D eigenvalue weighted by molar-refractivity contribution is 1.25. The van der Waals surface area contributed by atoms with Gasteiger partial charge in [0.15, 0.2) is 0 Å². The van der Waals surface area contributed by atoms with Gasteiger partial charge in [0.05, 0.1) is 6.21 Å². The Morgan fingerprint density at radius 3 is 2.27 bits per heavy atom. The van der Waals surface area contributed by atoms with E-state index in [9.17, 15) is 0 Å². The molecular weight excluding hydrogens is 136 g/mol. The van der Waals surface area contributed by atoms with Crippen molar-refractivity contribution in [2.24, 2.45) is 10.9 Å². The topological polar surface area (TPSA) is 38.4 Å². The fourth-order valence-electron chi connectivity index (χ4n) is 1.11. The second-order valence-corrected chi connectivity index (χ2v) is 2.58. The second-order valence-electron chi connectivity index (χ2n) is 2.58. The highest BCUT2D eigenvalue weighted by atomic mass is 15.1. The molecule has 0 amide bonds. The summed E-state index contributed by atoms with van der Waals surface area (Å²) >= 11 is 0. The van der Waals surface area contributed by atoms with Crippen molar-refractivity contribution in [3.8, 4) is 0 Å². The zero-order valence-corrected chi connectivity index (χ0v) is 6.83. The standard InChI is InChI=1S/C9H12N2/c1-7-4-3-5-8(2)9(7)6-11-10/h3-6H,10H2,1-2H3/b11-6-. The minimum absolute atomic E-state index is 1.12. The molecule has 0 aromatic heterocycles. The van der Waals surface area contributed by atoms with Crippen molar-refractivity contribution in [1.29, 1.82) is 0 Å². The average molecular weight is 148 g/mol. The summed E-state index contributed by atoms with van der Waals surface area (Å²) in [7, 11) is 0. The summed E-state index contributed by atoms with van der Waals surface area (Å²) < 4.78 is 0. The fraction of sp³-hybridized carbons (Fsp3) is 0.222. The van der Waals surface area contributed by atoms with Crippen molar-refractivity contribution in [1.82, 2.24) is 0 Å². The van der Waals surface area contributed by atoms with Crippen LogP contribution in [-0.2, 0) is 0 Å². The van der Waals surface area contributed by atoms with Gasteiger partial charge in [0, 0.05) is 5.56 Å². The van der Waals surface area contributed by atoms with Crippen molar-refractivity contribution < 1.29 is 0 Å². The van der Waals surface area contributed by atoms with Crippen LogP contribution < -0.4 is 5.84 Å². The van der Waals surface area contributed by atoms with Gasteiger partial charge in [0.25, 0.3) is 0 Å². The predicted octanol–water partition coefficient (Wildman–Crippen LogP) is 1.60. The molecule has 1 aromatic carbocycles. The molecule has 0 bridgehead atoms. The number of benzene rings is 1. The highest BCUT2D eigenvalue weighted by Gasteiger charge is 1.96. The van der Waals surface area contributed by atoms with Gasteiger partial charge in [-0.15, -0.1) is 0 Å². The lowest BCUT2D eigenvalue weighted by Crippen LogP contribution is -1.93. The van der Waals surface area contributed by atoms with Crippen LogP contribution in [0, 0.1) is 13.8 Å². The lowest BCUT2D eigenvalue weighted by atomic mass is 10.0. The summed E-state index contributed by atoms with van der Waals surface area (Å²) in [5.41, 5.74) is 3.54. The van der Waals surface area contributed by atoms with E-state index in [1.54, 1.807) is 6.21 Å². The molecule has 2 N–H and O–H groups in total. The first-order chi connectivity index (χ1) is 5.25. The maximum atomic E-state index is 5.07. The molecule has 0 fully saturated rings. The maximum Gasteiger partial charge on any atom is 0.0543 e. The zero-order chi connectivity index (χ0) is 8.27. The number of hydrazone groups is 1. The maximum absolute atomic E-state index is 5.07. The number of nitrogens with zero attached hydrogens (tertiary/aromatic N) is 1. The van der Waals surface area contributed by atoms with E-state index in [1.165, 1.54) is 11.1 Å². The van der Waals surface area contributed by atoms with Gasteiger partial charge < -0.3 is 5.84 Å². The number of rotatable bonds is 1. The van der Waals surface area contributed by atoms with Crippen molar-refractivity contribution in [2.45, 2.75) is 13.8 Å². The molecule has 0 aliphatic carbocycles. The van der Waals surface area contributed by atoms with E-state index in [2.05, 4.69) is 5.10 Å². The monoisotopic (exact) mass is 148 g/mol. The quantitative estimate of drug-likeness (QED) is 0.366. The molecule has 1 aromatic rings. The van der Waals surface area contributed by atoms with Crippen molar-refractivity contribution in [2.75, 3.05) is 0 Å². The van der Waals surface area contributed by atoms with Crippen molar-refractivity contribution in [3.05, 3.63) is 34.9 Å². The number of nitrogens with two attached hydrogens (primary N) is 1. The Balaban J connectivity index is 3.20. The van der Waals surface area contributed by atoms with Gasteiger partial charge in [0.2, 0.25) is 0 Å². The number of hydrogen-bond acceptors (Lipinski definition) is 2. The summed E-state index contributed by atoms with van der Waals surface area (Å²) in [6.07, 6.45) is 1.69. The van der Waals surface area contributed by atoms with Crippen molar-refractivity contribution >= 4 is 6.21 Å². The Kier molecular flexibility index (Phi) is 2.26. The van der Waals surface area contributed by atoms with Crippen LogP contribution in [0.15, 0.2) is 23.3 Å². The van der Waals surface area contributed by atoms with Gasteiger partial charge in [-0.3, -0.25) is 0 Å². The Hall–Kier alpha value is -1.31. The molecule has 0 aliphatic rings. The minimum Gasteiger partial charge on any atom is -0.323 e. The first-order valence-electron chi connectivity index (χ1n) is 3.55. The highest BCUT2D eigenvalue weighted by molar-refractivity contribution is 5.83. The van der Waals surface area contributed by atoms with Gasteiger partial charge in [-0.1, -0.05) is 18.2 Å². The third kappa shape index (κ3) is 1.58. The van der Waals surface area contributed by atoms with Crippen LogP contribution >= 0.6 is 0 Å². The minimum atomic E-state index is 1.12. The Morgan fingerprint density at radius 2 is 1.82 bits per heavy atom. The lowest BCUT2D eigenvalue weighted by Gasteiger charge is -2.01. The first-order valence-corrected chi connectivity index (χ1v) is 3.55. The molecule has 0 spiro atoms. The molecule has 58 valence electrons. The molecule has 0 radical (unpaired) electrons. The normalized spacial score (nSPS) is 10.7. The molecule has 0 atom stereocenters. The summed E-state index contributed by atoms with van der Waals surface area (Å²) in [5.74, 6) is 5.07. The summed E-state index contributed by atoms with van der Waals surface area (Å²) in [6.45, 7) is 4.09. The van der Waals surface area contributed by atoms with Crippen LogP contribution in [-0.4, -0.2) is 6.21 Å². The SMILES string of the molecule is Cc1cccc(C)c1/C=N\N. The smallest absolute Gasteiger partial charge is 0.0543 e. The summed E-state index contributed by atoms with van der Waals surface area (Å²) in [6, 6.07) is 6.12. The average Bonchev–Trinajstić information content (AvgIpc) is 1.97. The van der Waals surface area contributed by atoms with E-state index in [0.717, 1.165) is 5.56 Å². The third-order valence-corrected chi connectivity index (χ3v) is 1.75. The molecule has 2 nitrogen and oxygen atoms in total. The molecule has 0 heterocycles. The van der Waals surface area contributed by atoms with Crippen LogP contribution in [0.25, 0.3) is 0 Å². The van der Waals surface area contributed by atoms with Gasteiger partial charge >= 0.3 is 0 Å². The van der Waals surface area contributed by atoms with E-state index < -0.39 is 0 Å². The van der Waals surface area contributed by atoms with E-state index in [-0.39, 0.29) is 0 Å². The summed E-state index contributed by atoms with van der Waals surface area (Å²) in [4.78, 5) is 0. The Bertz CT molecular complexity index is 257. The van der Waals surface area contributed by atoms with Gasteiger partial charge in [-0.2, -0.15) is 5.10 Å². The van der Waals surface area contributed by atoms with E-state index in [1.807, 2.05) is 32.0 Å². The molecule has 2 heteroatoms. The van der Waals surface area contributed by atoms with Crippen LogP contribution in [0.1, 0.15) is 16.7 Å². The van der Waals surface area contributed by atoms with E-state index >= 15 is 0 Å². The molecule has 0 unspecified atom stereocenters. The molecular formula is C9H12N2. The molecule has 1 rings (SSSR count). The fourth-order valence-corrected chi connectivity index (χ4v) is 1.11. The highest BCUT2D eigenvalue weighted by Crippen LogP contribution is 2.09. The molecule has 0 saturated carbocycles. The molecule has 11 heavy (non-hydrogen) atoms. The molecule has 0 saturated heterocycles. The zero-order valence-electron chi connectivity index (χ0n) is 6.83. The van der Waals surface area contributed by atoms with Crippen LogP contribution in [0.4, 0.5) is 0 Å². The van der Waals surface area contributed by atoms with Crippen LogP contribution in [0.3, 0.4) is 0 Å². The van der Waals surface area contributed by atoms with Crippen LogP contribution in [0.2, 0.25) is 0 Å². The Morgan fingerprint density at radius 1 is 1.27 bits per heavy atom. The largest absolute Gasteiger partial charge is 0.323 e. The number of aryl methyl sites for hydroxylation is 2. The predicted molar refractivity (Wildman–Crippen MR) is 47.7 cm³/mol. The van der Waals surface area contributed by atoms with Gasteiger partial charge in [0.1, 0.15) is 0 Å². The third-order valence-electron chi connectivity index (χ3n) is 1.75. The van der Waals surface area contributed by atoms with Gasteiger partial charge in [-0.25, -0.2) is 0 Å². The van der Waals surface area contributed by atoms with Gasteiger partial charge in [-0.05, 0) is 25.0 Å². The number of hydrogen-bond donors (Lipinski definition) is 1. The Labute approximate surface area is 66.7 Å². The first kappa shape index (κ1) is 7.79. The molecule has 0 aliphatic heterocycles. The van der Waals surface area contributed by atoms with Crippen LogP contribution in [0.5, 0.6) is 0 Å². The second kappa shape index (κ2) is 3.19. The van der Waals surface area contributed by atoms with Crippen molar-refractivity contribution in [3.63, 3.8) is 0 Å².